The van der Waals surface area contributed by atoms with Crippen molar-refractivity contribution in [3.8, 4) is 0 Å². The van der Waals surface area contributed by atoms with Crippen LogP contribution in [0.1, 0.15) is 265 Å². The normalized spacial score (nSPS) is 12.7. The molecule has 0 rings (SSSR count). The Balaban J connectivity index is 4.40. The first kappa shape index (κ1) is 63.6. The highest BCUT2D eigenvalue weighted by Gasteiger charge is 2.19. The summed E-state index contributed by atoms with van der Waals surface area (Å²) in [6.07, 6.45) is 71.4. The van der Waals surface area contributed by atoms with Crippen molar-refractivity contribution >= 4 is 17.9 Å². The summed E-state index contributed by atoms with van der Waals surface area (Å²) in [5.41, 5.74) is 0. The summed E-state index contributed by atoms with van der Waals surface area (Å²) < 4.78 is 16.8. The van der Waals surface area contributed by atoms with Gasteiger partial charge in [0.1, 0.15) is 13.2 Å². The monoisotopic (exact) mass is 933 g/mol. The van der Waals surface area contributed by atoms with Gasteiger partial charge in [-0.1, -0.05) is 241 Å². The first-order valence-corrected chi connectivity index (χ1v) is 28.1. The smallest absolute Gasteiger partial charge is 0.306 e. The summed E-state index contributed by atoms with van der Waals surface area (Å²) in [5, 5.41) is 0. The summed E-state index contributed by atoms with van der Waals surface area (Å²) in [5.74, 6) is -0.920. The molecule has 1 atom stereocenters. The topological polar surface area (TPSA) is 78.9 Å². The fourth-order valence-corrected chi connectivity index (χ4v) is 7.70. The molecule has 0 N–H and O–H groups in total. The Labute approximate surface area is 414 Å². The minimum atomic E-state index is -0.791. The lowest BCUT2D eigenvalue weighted by Crippen LogP contribution is -2.30. The fraction of sp³-hybridized carbons (Fsp3) is 0.721. The largest absolute Gasteiger partial charge is 0.462 e. The number of carbonyl (C=O) groups excluding carboxylic acids is 3. The number of esters is 3. The second-order valence-electron chi connectivity index (χ2n) is 18.5. The summed E-state index contributed by atoms with van der Waals surface area (Å²) >= 11 is 0. The zero-order valence-electron chi connectivity index (χ0n) is 43.9. The van der Waals surface area contributed by atoms with E-state index in [0.29, 0.717) is 19.3 Å². The number of unbranched alkanes of at least 4 members (excludes halogenated alkanes) is 26. The quantitative estimate of drug-likeness (QED) is 0.0199. The molecule has 0 aromatic rings. The van der Waals surface area contributed by atoms with Crippen LogP contribution in [0.3, 0.4) is 0 Å². The van der Waals surface area contributed by atoms with Crippen molar-refractivity contribution in [1.82, 2.24) is 0 Å². The maximum Gasteiger partial charge on any atom is 0.306 e. The van der Waals surface area contributed by atoms with E-state index in [0.717, 1.165) is 96.3 Å². The van der Waals surface area contributed by atoms with E-state index in [1.54, 1.807) is 0 Å². The van der Waals surface area contributed by atoms with Gasteiger partial charge < -0.3 is 14.2 Å². The molecular formula is C61H104O6. The SMILES string of the molecule is CC/C=C\C/C=C\C/C=C\C/C=C\C/C=C\CCCCCC(=O)OCC(COC(=O)CCCCCCCCCCCCC)OC(=O)CCCCCCCCCCCC/C=C\C=C/CCCCC. The summed E-state index contributed by atoms with van der Waals surface area (Å²) in [6, 6.07) is 0. The van der Waals surface area contributed by atoms with Gasteiger partial charge in [0.15, 0.2) is 6.10 Å². The first-order valence-electron chi connectivity index (χ1n) is 28.1. The van der Waals surface area contributed by atoms with Crippen LogP contribution in [0.15, 0.2) is 85.1 Å². The van der Waals surface area contributed by atoms with Gasteiger partial charge in [-0.3, -0.25) is 14.4 Å². The van der Waals surface area contributed by atoms with Crippen molar-refractivity contribution in [2.75, 3.05) is 13.2 Å². The maximum atomic E-state index is 12.8. The van der Waals surface area contributed by atoms with Crippen LogP contribution < -0.4 is 0 Å². The van der Waals surface area contributed by atoms with Gasteiger partial charge in [0, 0.05) is 19.3 Å². The lowest BCUT2D eigenvalue weighted by Gasteiger charge is -2.18. The molecule has 0 aromatic carbocycles. The molecule has 0 radical (unpaired) electrons. The number of allylic oxidation sites excluding steroid dienone is 14. The molecule has 67 heavy (non-hydrogen) atoms. The molecule has 1 unspecified atom stereocenters. The number of rotatable bonds is 50. The van der Waals surface area contributed by atoms with Crippen molar-refractivity contribution in [2.24, 2.45) is 0 Å². The Kier molecular flexibility index (Phi) is 52.4. The molecule has 0 spiro atoms. The molecule has 0 aliphatic heterocycles. The Morgan fingerprint density at radius 1 is 0.328 bits per heavy atom. The molecule has 0 heterocycles. The third kappa shape index (κ3) is 53.4. The van der Waals surface area contributed by atoms with E-state index in [9.17, 15) is 14.4 Å². The Hall–Kier alpha value is -3.41. The Morgan fingerprint density at radius 3 is 1.04 bits per heavy atom. The average molecular weight is 933 g/mol. The Bertz CT molecular complexity index is 1300. The van der Waals surface area contributed by atoms with Crippen molar-refractivity contribution in [2.45, 2.75) is 271 Å². The van der Waals surface area contributed by atoms with Crippen molar-refractivity contribution < 1.29 is 28.6 Å². The van der Waals surface area contributed by atoms with E-state index >= 15 is 0 Å². The van der Waals surface area contributed by atoms with Crippen LogP contribution in [0.25, 0.3) is 0 Å². The van der Waals surface area contributed by atoms with Crippen LogP contribution in [-0.4, -0.2) is 37.2 Å². The van der Waals surface area contributed by atoms with Crippen LogP contribution in [0.4, 0.5) is 0 Å². The van der Waals surface area contributed by atoms with E-state index in [4.69, 9.17) is 14.2 Å². The first-order chi connectivity index (χ1) is 33.0. The third-order valence-corrected chi connectivity index (χ3v) is 11.9. The molecule has 0 aliphatic carbocycles. The van der Waals surface area contributed by atoms with Crippen molar-refractivity contribution in [3.63, 3.8) is 0 Å². The minimum Gasteiger partial charge on any atom is -0.462 e. The van der Waals surface area contributed by atoms with Gasteiger partial charge in [0.2, 0.25) is 0 Å². The molecule has 0 amide bonds. The predicted molar refractivity (Wildman–Crippen MR) is 288 cm³/mol. The second-order valence-corrected chi connectivity index (χ2v) is 18.5. The predicted octanol–water partition coefficient (Wildman–Crippen LogP) is 18.8. The van der Waals surface area contributed by atoms with Gasteiger partial charge >= 0.3 is 17.9 Å². The molecule has 0 aromatic heterocycles. The average Bonchev–Trinajstić information content (AvgIpc) is 3.33. The number of ether oxygens (including phenoxy) is 3. The van der Waals surface area contributed by atoms with Gasteiger partial charge in [-0.25, -0.2) is 0 Å². The molecule has 0 fully saturated rings. The Morgan fingerprint density at radius 2 is 0.627 bits per heavy atom. The van der Waals surface area contributed by atoms with E-state index in [-0.39, 0.29) is 31.1 Å². The molecule has 0 saturated heterocycles. The molecule has 0 bridgehead atoms. The van der Waals surface area contributed by atoms with Crippen molar-refractivity contribution in [3.05, 3.63) is 85.1 Å². The summed E-state index contributed by atoms with van der Waals surface area (Å²) in [4.78, 5) is 38.1. The third-order valence-electron chi connectivity index (χ3n) is 11.9. The molecule has 0 aliphatic rings. The van der Waals surface area contributed by atoms with Gasteiger partial charge in [-0.15, -0.1) is 0 Å². The van der Waals surface area contributed by atoms with Crippen molar-refractivity contribution in [1.29, 1.82) is 0 Å². The standard InChI is InChI=1S/C61H104O6/c1-4-7-10-13-16-19-22-24-26-28-30-32-34-36-39-42-45-48-51-54-60(63)66-57-58(56-65-59(62)53-50-47-44-41-38-21-18-15-12-9-6-3)67-61(64)55-52-49-46-43-40-37-35-33-31-29-27-25-23-20-17-14-11-8-5-2/h7,10,16-17,19-20,23-26,30,32,36,39,58H,4-6,8-9,11-15,18,21-22,27-29,31,33-35,37-38,40-57H2,1-3H3/b10-7-,19-16-,20-17-,25-23-,26-24-,32-30-,39-36-. The molecule has 6 nitrogen and oxygen atoms in total. The maximum absolute atomic E-state index is 12.8. The van der Waals surface area contributed by atoms with Crippen LogP contribution in [-0.2, 0) is 28.6 Å². The van der Waals surface area contributed by atoms with Gasteiger partial charge in [-0.05, 0) is 89.9 Å². The fourth-order valence-electron chi connectivity index (χ4n) is 7.70. The molecule has 6 heteroatoms. The highest BCUT2D eigenvalue weighted by Crippen LogP contribution is 2.15. The summed E-state index contributed by atoms with van der Waals surface area (Å²) in [6.45, 7) is 6.47. The summed E-state index contributed by atoms with van der Waals surface area (Å²) in [7, 11) is 0. The molecule has 0 saturated carbocycles. The highest BCUT2D eigenvalue weighted by atomic mass is 16.6. The van der Waals surface area contributed by atoms with Crippen LogP contribution in [0.5, 0.6) is 0 Å². The van der Waals surface area contributed by atoms with Gasteiger partial charge in [0.25, 0.3) is 0 Å². The lowest BCUT2D eigenvalue weighted by molar-refractivity contribution is -0.167. The second kappa shape index (κ2) is 55.2. The zero-order valence-corrected chi connectivity index (χ0v) is 43.9. The molecule has 384 valence electrons. The van der Waals surface area contributed by atoms with Crippen LogP contribution in [0, 0.1) is 0 Å². The number of hydrogen-bond donors (Lipinski definition) is 0. The van der Waals surface area contributed by atoms with Gasteiger partial charge in [0.05, 0.1) is 0 Å². The van der Waals surface area contributed by atoms with E-state index in [1.807, 2.05) is 0 Å². The number of carbonyl (C=O) groups is 3. The van der Waals surface area contributed by atoms with E-state index < -0.39 is 6.10 Å². The van der Waals surface area contributed by atoms with E-state index in [2.05, 4.69) is 106 Å². The van der Waals surface area contributed by atoms with Crippen LogP contribution >= 0.6 is 0 Å². The molecular weight excluding hydrogens is 829 g/mol. The minimum absolute atomic E-state index is 0.0869. The zero-order chi connectivity index (χ0) is 48.6. The highest BCUT2D eigenvalue weighted by molar-refractivity contribution is 5.71. The van der Waals surface area contributed by atoms with Crippen LogP contribution in [0.2, 0.25) is 0 Å². The van der Waals surface area contributed by atoms with E-state index in [1.165, 1.54) is 128 Å². The lowest BCUT2D eigenvalue weighted by atomic mass is 10.1. The number of hydrogen-bond acceptors (Lipinski definition) is 6. The van der Waals surface area contributed by atoms with Gasteiger partial charge in [-0.2, -0.15) is 0 Å².